The van der Waals surface area contributed by atoms with Gasteiger partial charge in [-0.25, -0.2) is 8.42 Å². The van der Waals surface area contributed by atoms with Crippen molar-refractivity contribution in [2.75, 3.05) is 21.6 Å². The fraction of sp³-hybridized carbons (Fsp3) is 0.0476. The third kappa shape index (κ3) is 3.66. The predicted molar refractivity (Wildman–Crippen MR) is 121 cm³/mol. The van der Waals surface area contributed by atoms with Gasteiger partial charge in [0.15, 0.2) is 0 Å². The molecule has 3 N–H and O–H groups in total. The summed E-state index contributed by atoms with van der Waals surface area (Å²) in [4.78, 5) is 6.82. The van der Waals surface area contributed by atoms with Crippen molar-refractivity contribution in [3.05, 3.63) is 78.7 Å². The molecular formula is C21H17N5O3S2. The second kappa shape index (κ2) is 7.56. The van der Waals surface area contributed by atoms with Gasteiger partial charge in [0.1, 0.15) is 10.0 Å². The number of hydrogen-bond donors (Lipinski definition) is 3. The number of thiophene rings is 1. The fourth-order valence-electron chi connectivity index (χ4n) is 3.25. The Balaban J connectivity index is 1.33. The first-order valence-electron chi connectivity index (χ1n) is 9.33. The molecule has 0 unspecified atom stereocenters. The lowest BCUT2D eigenvalue weighted by Gasteiger charge is -2.29. The van der Waals surface area contributed by atoms with Gasteiger partial charge in [-0.3, -0.25) is 15.1 Å². The number of hydrogen-bond acceptors (Lipinski definition) is 7. The van der Waals surface area contributed by atoms with Crippen LogP contribution in [0.4, 0.5) is 17.3 Å². The van der Waals surface area contributed by atoms with Crippen LogP contribution in [0.15, 0.2) is 81.8 Å². The molecule has 1 aliphatic heterocycles. The Morgan fingerprint density at radius 1 is 1.10 bits per heavy atom. The Morgan fingerprint density at radius 2 is 1.94 bits per heavy atom. The van der Waals surface area contributed by atoms with Crippen LogP contribution in [-0.4, -0.2) is 25.9 Å². The second-order valence-corrected chi connectivity index (χ2v) is 9.75. The van der Waals surface area contributed by atoms with E-state index in [0.717, 1.165) is 16.3 Å². The van der Waals surface area contributed by atoms with Gasteiger partial charge < -0.3 is 14.6 Å². The Labute approximate surface area is 182 Å². The Kier molecular flexibility index (Phi) is 4.72. The Hall–Kier alpha value is -3.63. The summed E-state index contributed by atoms with van der Waals surface area (Å²) >= 11 is 1.17. The maximum atomic E-state index is 12.8. The largest absolute Gasteiger partial charge is 0.448 e. The molecule has 0 atom stereocenters. The van der Waals surface area contributed by atoms with Crippen LogP contribution in [0.3, 0.4) is 0 Å². The van der Waals surface area contributed by atoms with Crippen LogP contribution in [0.25, 0.3) is 10.6 Å². The van der Waals surface area contributed by atoms with Gasteiger partial charge in [-0.05, 0) is 54.6 Å². The van der Waals surface area contributed by atoms with Crippen molar-refractivity contribution >= 4 is 44.5 Å². The van der Waals surface area contributed by atoms with Crippen LogP contribution in [-0.2, 0) is 10.0 Å². The van der Waals surface area contributed by atoms with Crippen molar-refractivity contribution in [2.24, 2.45) is 0 Å². The average molecular weight is 452 g/mol. The number of benzene rings is 1. The van der Waals surface area contributed by atoms with Gasteiger partial charge in [-0.2, -0.15) is 0 Å². The highest BCUT2D eigenvalue weighted by atomic mass is 32.2. The number of aromatic nitrogens is 1. The molecule has 0 fully saturated rings. The minimum Gasteiger partial charge on any atom is -0.448 e. The molecule has 0 saturated carbocycles. The molecule has 0 bridgehead atoms. The molecule has 4 aromatic rings. The van der Waals surface area contributed by atoms with E-state index < -0.39 is 10.0 Å². The quantitative estimate of drug-likeness (QED) is 0.414. The number of nitrogens with zero attached hydrogens (tertiary/aromatic N) is 2. The van der Waals surface area contributed by atoms with Crippen molar-refractivity contribution in [3.8, 4) is 10.6 Å². The van der Waals surface area contributed by atoms with Crippen LogP contribution in [0.2, 0.25) is 0 Å². The van der Waals surface area contributed by atoms with E-state index in [-0.39, 0.29) is 4.21 Å². The molecule has 0 radical (unpaired) electrons. The number of rotatable bonds is 5. The lowest BCUT2D eigenvalue weighted by Crippen LogP contribution is -2.39. The summed E-state index contributed by atoms with van der Waals surface area (Å²) in [6.07, 6.45) is 3.21. The van der Waals surface area contributed by atoms with Gasteiger partial charge in [0, 0.05) is 17.6 Å². The number of furan rings is 1. The van der Waals surface area contributed by atoms with E-state index >= 15 is 0 Å². The lowest BCUT2D eigenvalue weighted by molar-refractivity contribution is 0.577. The van der Waals surface area contributed by atoms with E-state index in [4.69, 9.17) is 9.83 Å². The van der Waals surface area contributed by atoms with Crippen LogP contribution in [0.5, 0.6) is 0 Å². The molecule has 0 spiro atoms. The monoisotopic (exact) mass is 451 g/mol. The normalized spacial score (nSPS) is 13.5. The van der Waals surface area contributed by atoms with Crippen LogP contribution in [0.1, 0.15) is 5.56 Å². The third-order valence-electron chi connectivity index (χ3n) is 4.78. The summed E-state index contributed by atoms with van der Waals surface area (Å²) in [7, 11) is -3.72. The van der Waals surface area contributed by atoms with Gasteiger partial charge >= 0.3 is 0 Å². The molecule has 8 nitrogen and oxygen atoms in total. The van der Waals surface area contributed by atoms with Crippen molar-refractivity contribution in [2.45, 2.75) is 4.21 Å². The Bertz CT molecular complexity index is 1350. The summed E-state index contributed by atoms with van der Waals surface area (Å²) in [6.45, 7) is 0.385. The van der Waals surface area contributed by atoms with E-state index in [9.17, 15) is 8.42 Å². The highest BCUT2D eigenvalue weighted by molar-refractivity contribution is 7.94. The predicted octanol–water partition coefficient (Wildman–Crippen LogP) is 4.42. The first-order valence-corrected chi connectivity index (χ1v) is 11.6. The molecule has 3 aromatic heterocycles. The number of amidine groups is 1. The molecule has 31 heavy (non-hydrogen) atoms. The molecular weight excluding hydrogens is 434 g/mol. The molecule has 10 heteroatoms. The number of fused-ring (bicyclic) bond motifs is 1. The SMILES string of the molecule is N=C1c2ccoc2NCN1c1ccc(NS(=O)(=O)c2ccc(-c3ccccn3)s2)cc1. The van der Waals surface area contributed by atoms with E-state index in [2.05, 4.69) is 15.0 Å². The van der Waals surface area contributed by atoms with Gasteiger partial charge in [0.25, 0.3) is 10.0 Å². The summed E-state index contributed by atoms with van der Waals surface area (Å²) in [5, 5.41) is 11.5. The van der Waals surface area contributed by atoms with Gasteiger partial charge in [0.05, 0.1) is 29.1 Å². The summed E-state index contributed by atoms with van der Waals surface area (Å²) in [5.74, 6) is 0.892. The number of nitrogens with one attached hydrogen (secondary N) is 3. The molecule has 4 heterocycles. The smallest absolute Gasteiger partial charge is 0.271 e. The maximum absolute atomic E-state index is 12.8. The van der Waals surface area contributed by atoms with Crippen LogP contribution in [0, 0.1) is 5.41 Å². The number of sulfonamides is 1. The second-order valence-electron chi connectivity index (χ2n) is 6.76. The van der Waals surface area contributed by atoms with Gasteiger partial charge in [-0.15, -0.1) is 11.3 Å². The zero-order valence-corrected chi connectivity index (χ0v) is 17.7. The molecule has 0 saturated heterocycles. The first kappa shape index (κ1) is 19.3. The standard InChI is InChI=1S/C21H17N5O3S2/c22-20-16-10-12-29-21(16)24-13-26(20)15-6-4-14(5-7-15)25-31(27,28)19-9-8-18(30-19)17-3-1-2-11-23-17/h1-12,22,24-25H,13H2. The Morgan fingerprint density at radius 3 is 2.71 bits per heavy atom. The van der Waals surface area contributed by atoms with Gasteiger partial charge in [-0.1, -0.05) is 6.07 Å². The first-order chi connectivity index (χ1) is 15.0. The zero-order valence-electron chi connectivity index (χ0n) is 16.1. The molecule has 1 aliphatic rings. The minimum absolute atomic E-state index is 0.215. The van der Waals surface area contributed by atoms with Crippen molar-refractivity contribution in [1.82, 2.24) is 4.98 Å². The zero-order chi connectivity index (χ0) is 21.4. The molecule has 0 aliphatic carbocycles. The molecule has 5 rings (SSSR count). The summed E-state index contributed by atoms with van der Waals surface area (Å²) in [5.41, 5.74) is 2.62. The number of anilines is 3. The van der Waals surface area contributed by atoms with Crippen molar-refractivity contribution in [1.29, 1.82) is 5.41 Å². The van der Waals surface area contributed by atoms with Crippen LogP contribution < -0.4 is 14.9 Å². The van der Waals surface area contributed by atoms with E-state index in [0.29, 0.717) is 29.6 Å². The fourth-order valence-corrected chi connectivity index (χ4v) is 5.60. The molecule has 156 valence electrons. The van der Waals surface area contributed by atoms with Crippen LogP contribution >= 0.6 is 11.3 Å². The third-order valence-corrected chi connectivity index (χ3v) is 7.76. The van der Waals surface area contributed by atoms with E-state index in [1.807, 2.05) is 18.2 Å². The minimum atomic E-state index is -3.72. The van der Waals surface area contributed by atoms with E-state index in [1.165, 1.54) is 17.6 Å². The highest BCUT2D eigenvalue weighted by Gasteiger charge is 2.24. The highest BCUT2D eigenvalue weighted by Crippen LogP contribution is 2.31. The van der Waals surface area contributed by atoms with Crippen molar-refractivity contribution in [3.63, 3.8) is 0 Å². The lowest BCUT2D eigenvalue weighted by atomic mass is 10.2. The van der Waals surface area contributed by atoms with E-state index in [1.54, 1.807) is 53.6 Å². The van der Waals surface area contributed by atoms with Crippen molar-refractivity contribution < 1.29 is 12.8 Å². The summed E-state index contributed by atoms with van der Waals surface area (Å²) in [6, 6.07) is 17.5. The topological polar surface area (TPSA) is 111 Å². The number of pyridine rings is 1. The molecule has 1 aromatic carbocycles. The maximum Gasteiger partial charge on any atom is 0.271 e. The van der Waals surface area contributed by atoms with Gasteiger partial charge in [0.2, 0.25) is 5.88 Å². The average Bonchev–Trinajstić information content (AvgIpc) is 3.46. The molecule has 0 amide bonds. The summed E-state index contributed by atoms with van der Waals surface area (Å²) < 4.78 is 33.7.